The number of amides is 1. The van der Waals surface area contributed by atoms with Gasteiger partial charge < -0.3 is 10.6 Å². The molecule has 0 heterocycles. The molecule has 0 spiro atoms. The summed E-state index contributed by atoms with van der Waals surface area (Å²) in [7, 11) is 1.44. The lowest BCUT2D eigenvalue weighted by molar-refractivity contribution is 0.0989. The van der Waals surface area contributed by atoms with Crippen molar-refractivity contribution in [2.24, 2.45) is 0 Å². The average molecular weight is 297 g/mol. The zero-order chi connectivity index (χ0) is 14.9. The van der Waals surface area contributed by atoms with Crippen molar-refractivity contribution in [3.63, 3.8) is 0 Å². The van der Waals surface area contributed by atoms with Crippen LogP contribution in [0.1, 0.15) is 10.4 Å². The highest BCUT2D eigenvalue weighted by Crippen LogP contribution is 2.27. The minimum Gasteiger partial charge on any atom is -0.397 e. The van der Waals surface area contributed by atoms with Crippen LogP contribution < -0.4 is 10.6 Å². The third-order valence-corrected chi connectivity index (χ3v) is 3.06. The number of nitrogens with two attached hydrogens (primary N) is 1. The maximum Gasteiger partial charge on any atom is 0.261 e. The molecule has 20 heavy (non-hydrogen) atoms. The van der Waals surface area contributed by atoms with Gasteiger partial charge in [-0.25, -0.2) is 8.78 Å². The molecule has 0 aromatic heterocycles. The topological polar surface area (TPSA) is 46.3 Å². The average Bonchev–Trinajstić information content (AvgIpc) is 2.40. The van der Waals surface area contributed by atoms with Gasteiger partial charge >= 0.3 is 0 Å². The molecule has 3 nitrogen and oxygen atoms in total. The Hall–Kier alpha value is -2.14. The number of benzene rings is 2. The summed E-state index contributed by atoms with van der Waals surface area (Å²) in [6, 6.07) is 7.38. The van der Waals surface area contributed by atoms with Crippen molar-refractivity contribution in [2.45, 2.75) is 0 Å². The highest BCUT2D eigenvalue weighted by atomic mass is 35.5. The minimum absolute atomic E-state index is 0.242. The zero-order valence-corrected chi connectivity index (χ0v) is 11.3. The number of hydrogen-bond donors (Lipinski definition) is 1. The van der Waals surface area contributed by atoms with Crippen LogP contribution in [-0.2, 0) is 0 Å². The second kappa shape index (κ2) is 5.46. The standard InChI is InChI=1S/C14H11ClF2N2O/c1-19(13-6-8(15)2-5-12(13)18)14(20)10-4-3-9(16)7-11(10)17/h2-7H,18H2,1H3. The fraction of sp³-hybridized carbons (Fsp3) is 0.0714. The first-order valence-corrected chi connectivity index (χ1v) is 6.06. The quantitative estimate of drug-likeness (QED) is 0.863. The molecule has 2 N–H and O–H groups in total. The van der Waals surface area contributed by atoms with Crippen LogP contribution in [0.3, 0.4) is 0 Å². The number of nitrogens with zero attached hydrogens (tertiary/aromatic N) is 1. The van der Waals surface area contributed by atoms with Gasteiger partial charge in [0.2, 0.25) is 0 Å². The number of nitrogen functional groups attached to an aromatic ring is 1. The van der Waals surface area contributed by atoms with Crippen LogP contribution in [0.2, 0.25) is 5.02 Å². The summed E-state index contributed by atoms with van der Waals surface area (Å²) in [4.78, 5) is 13.4. The molecule has 0 fully saturated rings. The summed E-state index contributed by atoms with van der Waals surface area (Å²) in [6.07, 6.45) is 0. The summed E-state index contributed by atoms with van der Waals surface area (Å²) in [6.45, 7) is 0. The zero-order valence-electron chi connectivity index (χ0n) is 10.5. The molecule has 6 heteroatoms. The Kier molecular flexibility index (Phi) is 3.90. The van der Waals surface area contributed by atoms with Gasteiger partial charge in [0.05, 0.1) is 16.9 Å². The summed E-state index contributed by atoms with van der Waals surface area (Å²) < 4.78 is 26.5. The molecule has 0 unspecified atom stereocenters. The van der Waals surface area contributed by atoms with E-state index in [0.717, 1.165) is 17.0 Å². The molecule has 0 aliphatic carbocycles. The molecule has 1 amide bonds. The minimum atomic E-state index is -0.928. The van der Waals surface area contributed by atoms with E-state index in [2.05, 4.69) is 0 Å². The molecule has 0 radical (unpaired) electrons. The summed E-state index contributed by atoms with van der Waals surface area (Å²) in [5.74, 6) is -2.32. The maximum absolute atomic E-state index is 13.6. The maximum atomic E-state index is 13.6. The first-order valence-electron chi connectivity index (χ1n) is 5.68. The molecule has 0 saturated heterocycles. The normalized spacial score (nSPS) is 10.4. The lowest BCUT2D eigenvalue weighted by Crippen LogP contribution is -2.28. The van der Waals surface area contributed by atoms with Crippen LogP contribution in [0.25, 0.3) is 0 Å². The Balaban J connectivity index is 2.40. The van der Waals surface area contributed by atoms with E-state index in [1.54, 1.807) is 12.1 Å². The van der Waals surface area contributed by atoms with Gasteiger partial charge in [0.1, 0.15) is 11.6 Å². The van der Waals surface area contributed by atoms with Crippen LogP contribution in [-0.4, -0.2) is 13.0 Å². The van der Waals surface area contributed by atoms with E-state index >= 15 is 0 Å². The summed E-state index contributed by atoms with van der Waals surface area (Å²) >= 11 is 5.85. The van der Waals surface area contributed by atoms with Gasteiger partial charge in [0.15, 0.2) is 0 Å². The smallest absolute Gasteiger partial charge is 0.261 e. The van der Waals surface area contributed by atoms with Crippen molar-refractivity contribution in [2.75, 3.05) is 17.7 Å². The molecule has 0 aliphatic heterocycles. The van der Waals surface area contributed by atoms with E-state index in [0.29, 0.717) is 22.5 Å². The first kappa shape index (κ1) is 14.3. The van der Waals surface area contributed by atoms with Crippen molar-refractivity contribution in [3.05, 3.63) is 58.6 Å². The lowest BCUT2D eigenvalue weighted by atomic mass is 10.1. The number of hydrogen-bond acceptors (Lipinski definition) is 2. The van der Waals surface area contributed by atoms with Gasteiger partial charge in [-0.15, -0.1) is 0 Å². The number of anilines is 2. The molecular formula is C14H11ClF2N2O. The van der Waals surface area contributed by atoms with E-state index in [4.69, 9.17) is 17.3 Å². The van der Waals surface area contributed by atoms with Crippen LogP contribution in [0.4, 0.5) is 20.2 Å². The summed E-state index contributed by atoms with van der Waals surface area (Å²) in [5, 5.41) is 0.397. The van der Waals surface area contributed by atoms with Gasteiger partial charge in [0, 0.05) is 18.1 Å². The molecule has 0 saturated carbocycles. The second-order valence-electron chi connectivity index (χ2n) is 4.19. The van der Waals surface area contributed by atoms with E-state index in [-0.39, 0.29) is 5.56 Å². The monoisotopic (exact) mass is 296 g/mol. The highest BCUT2D eigenvalue weighted by Gasteiger charge is 2.19. The van der Waals surface area contributed by atoms with Gasteiger partial charge in [-0.1, -0.05) is 11.6 Å². The van der Waals surface area contributed by atoms with Crippen molar-refractivity contribution in [3.8, 4) is 0 Å². The van der Waals surface area contributed by atoms with E-state index in [9.17, 15) is 13.6 Å². The molecule has 0 aliphatic rings. The Morgan fingerprint density at radius 2 is 1.90 bits per heavy atom. The number of rotatable bonds is 2. The molecular weight excluding hydrogens is 286 g/mol. The van der Waals surface area contributed by atoms with Crippen LogP contribution >= 0.6 is 11.6 Å². The predicted molar refractivity (Wildman–Crippen MR) is 75.0 cm³/mol. The Morgan fingerprint density at radius 3 is 2.55 bits per heavy atom. The van der Waals surface area contributed by atoms with Gasteiger partial charge in [-0.05, 0) is 30.3 Å². The Morgan fingerprint density at radius 1 is 1.20 bits per heavy atom. The number of carbonyl (C=O) groups excluding carboxylic acids is 1. The molecule has 104 valence electrons. The van der Waals surface area contributed by atoms with Gasteiger partial charge in [-0.2, -0.15) is 0 Å². The van der Waals surface area contributed by atoms with Gasteiger partial charge in [-0.3, -0.25) is 4.79 Å². The fourth-order valence-electron chi connectivity index (χ4n) is 1.76. The summed E-state index contributed by atoms with van der Waals surface area (Å²) in [5.41, 5.74) is 6.20. The van der Waals surface area contributed by atoms with E-state index in [1.165, 1.54) is 13.1 Å². The van der Waals surface area contributed by atoms with E-state index in [1.807, 2.05) is 0 Å². The SMILES string of the molecule is CN(C(=O)c1ccc(F)cc1F)c1cc(Cl)ccc1N. The first-order chi connectivity index (χ1) is 9.40. The molecule has 2 rings (SSSR count). The third-order valence-electron chi connectivity index (χ3n) is 2.82. The Bertz CT molecular complexity index is 676. The van der Waals surface area contributed by atoms with Crippen molar-refractivity contribution in [1.82, 2.24) is 0 Å². The van der Waals surface area contributed by atoms with Crippen LogP contribution in [0.15, 0.2) is 36.4 Å². The fourth-order valence-corrected chi connectivity index (χ4v) is 1.93. The third kappa shape index (κ3) is 2.72. The van der Waals surface area contributed by atoms with Gasteiger partial charge in [0.25, 0.3) is 5.91 Å². The molecule has 2 aromatic carbocycles. The lowest BCUT2D eigenvalue weighted by Gasteiger charge is -2.19. The van der Waals surface area contributed by atoms with Crippen LogP contribution in [0.5, 0.6) is 0 Å². The molecule has 2 aromatic rings. The molecule has 0 bridgehead atoms. The van der Waals surface area contributed by atoms with Crippen molar-refractivity contribution < 1.29 is 13.6 Å². The highest BCUT2D eigenvalue weighted by molar-refractivity contribution is 6.31. The van der Waals surface area contributed by atoms with Crippen molar-refractivity contribution in [1.29, 1.82) is 0 Å². The second-order valence-corrected chi connectivity index (χ2v) is 4.63. The number of carbonyl (C=O) groups is 1. The van der Waals surface area contributed by atoms with E-state index < -0.39 is 17.5 Å². The number of halogens is 3. The largest absolute Gasteiger partial charge is 0.397 e. The Labute approximate surface area is 119 Å². The van der Waals surface area contributed by atoms with Crippen molar-refractivity contribution >= 4 is 28.9 Å². The molecule has 0 atom stereocenters. The predicted octanol–water partition coefficient (Wildman–Crippen LogP) is 3.48. The van der Waals surface area contributed by atoms with Crippen LogP contribution in [0, 0.1) is 11.6 Å².